The van der Waals surface area contributed by atoms with Crippen molar-refractivity contribution in [2.75, 3.05) is 18.0 Å². The maximum absolute atomic E-state index is 13.8. The maximum atomic E-state index is 13.8. The third kappa shape index (κ3) is 6.60. The molecule has 1 N–H and O–H groups in total. The van der Waals surface area contributed by atoms with Crippen molar-refractivity contribution in [2.45, 2.75) is 115 Å². The molecule has 0 aliphatic carbocycles. The number of ether oxygens (including phenoxy) is 1. The number of nitrogens with one attached hydrogen (secondary N) is 1. The molecule has 2 aliphatic rings. The molecule has 0 radical (unpaired) electrons. The summed E-state index contributed by atoms with van der Waals surface area (Å²) in [5, 5.41) is 1.44. The molecule has 0 spiro atoms. The van der Waals surface area contributed by atoms with E-state index in [4.69, 9.17) is 16.3 Å². The normalized spacial score (nSPS) is 17.8. The zero-order valence-electron chi connectivity index (χ0n) is 29.1. The Balaban J connectivity index is 1.36. The zero-order chi connectivity index (χ0) is 34.6. The van der Waals surface area contributed by atoms with Crippen LogP contribution in [0.3, 0.4) is 0 Å². The highest BCUT2D eigenvalue weighted by molar-refractivity contribution is 7.89. The molecule has 1 saturated heterocycles. The second-order valence-electron chi connectivity index (χ2n) is 14.9. The van der Waals surface area contributed by atoms with E-state index in [-0.39, 0.29) is 16.9 Å². The third-order valence-electron chi connectivity index (χ3n) is 9.90. The highest BCUT2D eigenvalue weighted by Crippen LogP contribution is 2.45. The average Bonchev–Trinajstić information content (AvgIpc) is 3.49. The number of aromatic nitrogens is 1. The minimum absolute atomic E-state index is 0.120. The number of fused-ring (bicyclic) bond motifs is 2. The predicted octanol–water partition coefficient (Wildman–Crippen LogP) is 7.70. The first-order valence-electron chi connectivity index (χ1n) is 16.6. The van der Waals surface area contributed by atoms with Gasteiger partial charge in [0.25, 0.3) is 0 Å². The van der Waals surface area contributed by atoms with Crippen LogP contribution in [0, 0.1) is 0 Å². The Labute approximate surface area is 285 Å². The van der Waals surface area contributed by atoms with Crippen LogP contribution in [0.2, 0.25) is 21.6 Å². The van der Waals surface area contributed by atoms with Crippen LogP contribution in [0.5, 0.6) is 0 Å². The lowest BCUT2D eigenvalue weighted by atomic mass is 9.99. The molecule has 2 aromatic carbocycles. The lowest BCUT2D eigenvalue weighted by molar-refractivity contribution is -0.118. The fourth-order valence-corrected chi connectivity index (χ4v) is 16.2. The zero-order valence-corrected chi connectivity index (χ0v) is 31.6. The number of benzene rings is 2. The van der Waals surface area contributed by atoms with Crippen molar-refractivity contribution >= 4 is 58.5 Å². The van der Waals surface area contributed by atoms with Gasteiger partial charge in [0.1, 0.15) is 11.6 Å². The van der Waals surface area contributed by atoms with Gasteiger partial charge in [0.05, 0.1) is 9.92 Å². The van der Waals surface area contributed by atoms with E-state index in [9.17, 15) is 18.0 Å². The minimum atomic E-state index is -4.02. The van der Waals surface area contributed by atoms with E-state index < -0.39 is 29.9 Å². The van der Waals surface area contributed by atoms with Gasteiger partial charge in [-0.05, 0) is 85.6 Å². The molecule has 47 heavy (non-hydrogen) atoms. The molecule has 12 heteroatoms. The Morgan fingerprint density at radius 3 is 2.26 bits per heavy atom. The fourth-order valence-electron chi connectivity index (χ4n) is 7.98. The number of amides is 2. The number of hydrogen-bond acceptors (Lipinski definition) is 5. The second-order valence-corrected chi connectivity index (χ2v) is 22.8. The summed E-state index contributed by atoms with van der Waals surface area (Å²) in [6.07, 6.45) is 2.65. The maximum Gasteiger partial charge on any atom is 0.410 e. The van der Waals surface area contributed by atoms with Crippen LogP contribution in [0.25, 0.3) is 10.9 Å². The van der Waals surface area contributed by atoms with E-state index in [0.29, 0.717) is 54.1 Å². The predicted molar refractivity (Wildman–Crippen MR) is 191 cm³/mol. The first-order chi connectivity index (χ1) is 21.9. The average molecular weight is 701 g/mol. The van der Waals surface area contributed by atoms with E-state index in [1.807, 2.05) is 45.2 Å². The molecular weight excluding hydrogens is 652 g/mol. The summed E-state index contributed by atoms with van der Waals surface area (Å²) in [4.78, 5) is 29.6. The number of carbonyl (C=O) groups is 2. The van der Waals surface area contributed by atoms with Gasteiger partial charge in [-0.15, -0.1) is 0 Å². The van der Waals surface area contributed by atoms with Gasteiger partial charge < -0.3 is 18.8 Å². The molecule has 2 amide bonds. The molecule has 1 aromatic heterocycles. The van der Waals surface area contributed by atoms with Crippen molar-refractivity contribution < 1.29 is 22.7 Å². The summed E-state index contributed by atoms with van der Waals surface area (Å²) < 4.78 is 38.2. The van der Waals surface area contributed by atoms with Crippen molar-refractivity contribution in [1.29, 1.82) is 0 Å². The molecule has 0 unspecified atom stereocenters. The molecule has 2 aliphatic heterocycles. The van der Waals surface area contributed by atoms with Gasteiger partial charge in [-0.25, -0.2) is 13.2 Å². The largest absolute Gasteiger partial charge is 0.444 e. The van der Waals surface area contributed by atoms with E-state index >= 15 is 0 Å². The van der Waals surface area contributed by atoms with Crippen LogP contribution < -0.4 is 9.62 Å². The topological polar surface area (TPSA) is 101 Å². The van der Waals surface area contributed by atoms with Crippen molar-refractivity contribution in [3.05, 3.63) is 58.7 Å². The molecule has 3 aromatic rings. The Morgan fingerprint density at radius 2 is 1.64 bits per heavy atom. The van der Waals surface area contributed by atoms with E-state index in [0.717, 1.165) is 27.7 Å². The van der Waals surface area contributed by atoms with Crippen LogP contribution in [0.4, 0.5) is 10.5 Å². The van der Waals surface area contributed by atoms with Gasteiger partial charge >= 0.3 is 6.09 Å². The van der Waals surface area contributed by atoms with E-state index in [1.54, 1.807) is 28.0 Å². The summed E-state index contributed by atoms with van der Waals surface area (Å²) in [6, 6.07) is 9.99. The summed E-state index contributed by atoms with van der Waals surface area (Å²) in [5.74, 6) is -0.280. The number of rotatable bonds is 8. The van der Waals surface area contributed by atoms with Crippen LogP contribution in [-0.2, 0) is 32.5 Å². The molecular formula is C35H49ClN4O5SSi. The number of nitrogens with zero attached hydrogens (tertiary/aromatic N) is 3. The number of halogens is 1. The van der Waals surface area contributed by atoms with Gasteiger partial charge in [-0.1, -0.05) is 65.3 Å². The first-order valence-corrected chi connectivity index (χ1v) is 20.6. The lowest BCUT2D eigenvalue weighted by Crippen LogP contribution is -2.51. The smallest absolute Gasteiger partial charge is 0.410 e. The van der Waals surface area contributed by atoms with Gasteiger partial charge in [0.15, 0.2) is 8.24 Å². The van der Waals surface area contributed by atoms with E-state index in [1.165, 1.54) is 0 Å². The van der Waals surface area contributed by atoms with Crippen LogP contribution in [-0.4, -0.2) is 62.5 Å². The standard InChI is InChI=1S/C35H49ClN4O5SSi/c1-22(2)47(23(3)4,24(5)6)40-21-30(36)29-13-12-28(19-32(29)40)46(43,44)37-31-15-17-39(33(31)41)27-11-10-26-20-38(16-14-25(26)18-27)34(42)45-35(7,8)9/h10-13,18-19,21-24,31,37H,14-17,20H2,1-9H3/t31-/m0/s1. The molecule has 0 saturated carbocycles. The van der Waals surface area contributed by atoms with Crippen molar-refractivity contribution in [2.24, 2.45) is 0 Å². The monoisotopic (exact) mass is 700 g/mol. The van der Waals surface area contributed by atoms with Crippen LogP contribution >= 0.6 is 11.6 Å². The SMILES string of the molecule is CC(C)[Si](C(C)C)(C(C)C)n1cc(Cl)c2ccc(S(=O)(=O)N[C@H]3CCN(c4ccc5c(c4)CCN(C(=O)OC(C)(C)C)C5)C3=O)cc21. The van der Waals surface area contributed by atoms with Crippen molar-refractivity contribution in [3.63, 3.8) is 0 Å². The Kier molecular flexibility index (Phi) is 9.71. The first kappa shape index (κ1) is 35.4. The molecule has 9 nitrogen and oxygen atoms in total. The second kappa shape index (κ2) is 12.9. The van der Waals surface area contributed by atoms with Crippen molar-refractivity contribution in [3.8, 4) is 0 Å². The van der Waals surface area contributed by atoms with Crippen molar-refractivity contribution in [1.82, 2.24) is 13.9 Å². The molecule has 256 valence electrons. The Morgan fingerprint density at radius 1 is 0.979 bits per heavy atom. The summed E-state index contributed by atoms with van der Waals surface area (Å²) >= 11 is 6.75. The Hall–Kier alpha value is -2.86. The van der Waals surface area contributed by atoms with Gasteiger partial charge in [-0.2, -0.15) is 4.72 Å². The summed E-state index contributed by atoms with van der Waals surface area (Å²) in [7, 11) is -6.24. The van der Waals surface area contributed by atoms with Gasteiger partial charge in [0, 0.05) is 42.4 Å². The molecule has 1 atom stereocenters. The van der Waals surface area contributed by atoms with E-state index in [2.05, 4.69) is 50.5 Å². The summed E-state index contributed by atoms with van der Waals surface area (Å²) in [5.41, 5.74) is 4.23. The lowest BCUT2D eigenvalue weighted by Gasteiger charge is -2.44. The van der Waals surface area contributed by atoms with Crippen LogP contribution in [0.15, 0.2) is 47.5 Å². The molecule has 1 fully saturated rings. The number of hydrogen-bond donors (Lipinski definition) is 1. The molecule has 0 bridgehead atoms. The highest BCUT2D eigenvalue weighted by Gasteiger charge is 2.46. The minimum Gasteiger partial charge on any atom is -0.444 e. The molecule has 5 rings (SSSR count). The fraction of sp³-hybridized carbons (Fsp3) is 0.543. The number of anilines is 1. The number of carbonyl (C=O) groups excluding carboxylic acids is 2. The third-order valence-corrected chi connectivity index (χ3v) is 18.4. The Bertz CT molecular complexity index is 1780. The quantitative estimate of drug-likeness (QED) is 0.243. The summed E-state index contributed by atoms with van der Waals surface area (Å²) in [6.45, 7) is 20.4. The van der Waals surface area contributed by atoms with Gasteiger partial charge in [0.2, 0.25) is 15.9 Å². The molecule has 3 heterocycles. The van der Waals surface area contributed by atoms with Gasteiger partial charge in [-0.3, -0.25) is 4.79 Å². The highest BCUT2D eigenvalue weighted by atomic mass is 35.5. The van der Waals surface area contributed by atoms with Crippen LogP contribution in [0.1, 0.15) is 79.9 Å². The number of sulfonamides is 1.